The predicted molar refractivity (Wildman–Crippen MR) is 73.6 cm³/mol. The highest BCUT2D eigenvalue weighted by atomic mass is 32.1. The maximum Gasteiger partial charge on any atom is 0.116 e. The average molecular weight is 249 g/mol. The van der Waals surface area contributed by atoms with Crippen LogP contribution in [0.1, 0.15) is 38.8 Å². The highest BCUT2D eigenvalue weighted by Gasteiger charge is 2.21. The van der Waals surface area contributed by atoms with E-state index in [2.05, 4.69) is 47.5 Å². The number of thiophene rings is 1. The summed E-state index contributed by atoms with van der Waals surface area (Å²) in [5.74, 6) is 0.457. The fourth-order valence-electron chi connectivity index (χ4n) is 2.32. The number of fused-ring (bicyclic) bond motifs is 1. The number of nitrogens with one attached hydrogen (secondary N) is 1. The topological polar surface area (TPSA) is 37.8 Å². The number of likely N-dealkylation sites (N-methyl/N-ethyl adjacent to an activating group) is 1. The van der Waals surface area contributed by atoms with Crippen LogP contribution in [-0.4, -0.2) is 22.6 Å². The highest BCUT2D eigenvalue weighted by Crippen LogP contribution is 2.30. The van der Waals surface area contributed by atoms with Crippen LogP contribution in [0.2, 0.25) is 0 Å². The fraction of sp³-hybridized carbons (Fsp3) is 0.538. The molecule has 2 atom stereocenters. The molecular formula is C13H19N3S. The average Bonchev–Trinajstić information content (AvgIpc) is 2.79. The van der Waals surface area contributed by atoms with E-state index in [9.17, 15) is 0 Å². The molecule has 2 aromatic heterocycles. The molecule has 0 aliphatic carbocycles. The highest BCUT2D eigenvalue weighted by molar-refractivity contribution is 7.17. The van der Waals surface area contributed by atoms with Crippen molar-refractivity contribution in [3.05, 3.63) is 23.5 Å². The van der Waals surface area contributed by atoms with Gasteiger partial charge in [0.25, 0.3) is 0 Å². The van der Waals surface area contributed by atoms with E-state index in [0.717, 1.165) is 18.5 Å². The van der Waals surface area contributed by atoms with E-state index >= 15 is 0 Å². The molecule has 2 heterocycles. The van der Waals surface area contributed by atoms with Gasteiger partial charge in [-0.15, -0.1) is 11.3 Å². The van der Waals surface area contributed by atoms with Crippen molar-refractivity contribution in [1.82, 2.24) is 15.3 Å². The van der Waals surface area contributed by atoms with Crippen molar-refractivity contribution in [2.45, 2.75) is 39.2 Å². The Kier molecular flexibility index (Phi) is 4.07. The van der Waals surface area contributed by atoms with Gasteiger partial charge in [0.15, 0.2) is 0 Å². The van der Waals surface area contributed by atoms with E-state index < -0.39 is 0 Å². The minimum Gasteiger partial charge on any atom is -0.314 e. The summed E-state index contributed by atoms with van der Waals surface area (Å²) in [6, 6.07) is 2.51. The van der Waals surface area contributed by atoms with E-state index in [1.54, 1.807) is 17.7 Å². The van der Waals surface area contributed by atoms with Gasteiger partial charge < -0.3 is 5.32 Å². The zero-order valence-corrected chi connectivity index (χ0v) is 11.4. The molecule has 0 spiro atoms. The van der Waals surface area contributed by atoms with E-state index in [1.165, 1.54) is 10.4 Å². The molecule has 0 bridgehead atoms. The SMILES string of the molecule is CCNC(C)C(CC)c1ncnc2ccsc12. The lowest BCUT2D eigenvalue weighted by atomic mass is 9.94. The second kappa shape index (κ2) is 5.56. The van der Waals surface area contributed by atoms with Crippen LogP contribution in [0.5, 0.6) is 0 Å². The molecule has 17 heavy (non-hydrogen) atoms. The van der Waals surface area contributed by atoms with Gasteiger partial charge in [0.1, 0.15) is 6.33 Å². The standard InChI is InChI=1S/C13H19N3S/c1-4-10(9(3)14-5-2)12-13-11(6-7-17-13)15-8-16-12/h6-10,14H,4-5H2,1-3H3. The van der Waals surface area contributed by atoms with Crippen molar-refractivity contribution < 1.29 is 0 Å². The summed E-state index contributed by atoms with van der Waals surface area (Å²) < 4.78 is 1.24. The van der Waals surface area contributed by atoms with Crippen LogP contribution in [0.15, 0.2) is 17.8 Å². The molecule has 0 fully saturated rings. The van der Waals surface area contributed by atoms with Crippen LogP contribution in [-0.2, 0) is 0 Å². The Morgan fingerprint density at radius 2 is 2.18 bits per heavy atom. The van der Waals surface area contributed by atoms with Crippen LogP contribution >= 0.6 is 11.3 Å². The lowest BCUT2D eigenvalue weighted by Crippen LogP contribution is -2.32. The van der Waals surface area contributed by atoms with Gasteiger partial charge in [0.2, 0.25) is 0 Å². The normalized spacial score (nSPS) is 15.0. The third-order valence-corrected chi connectivity index (χ3v) is 4.12. The molecular weight excluding hydrogens is 230 g/mol. The van der Waals surface area contributed by atoms with Crippen molar-refractivity contribution in [1.29, 1.82) is 0 Å². The minimum absolute atomic E-state index is 0.449. The summed E-state index contributed by atoms with van der Waals surface area (Å²) in [7, 11) is 0. The third kappa shape index (κ3) is 2.48. The maximum atomic E-state index is 4.51. The first kappa shape index (κ1) is 12.5. The van der Waals surface area contributed by atoms with Crippen LogP contribution in [0, 0.1) is 0 Å². The van der Waals surface area contributed by atoms with E-state index in [0.29, 0.717) is 12.0 Å². The molecule has 2 unspecified atom stereocenters. The zero-order chi connectivity index (χ0) is 12.3. The second-order valence-corrected chi connectivity index (χ2v) is 5.17. The number of nitrogens with zero attached hydrogens (tertiary/aromatic N) is 2. The van der Waals surface area contributed by atoms with Gasteiger partial charge in [0.05, 0.1) is 15.9 Å². The van der Waals surface area contributed by atoms with Gasteiger partial charge in [-0.3, -0.25) is 0 Å². The largest absolute Gasteiger partial charge is 0.314 e. The van der Waals surface area contributed by atoms with Gasteiger partial charge in [-0.25, -0.2) is 9.97 Å². The van der Waals surface area contributed by atoms with Crippen molar-refractivity contribution in [3.8, 4) is 0 Å². The number of aromatic nitrogens is 2. The molecule has 0 amide bonds. The van der Waals surface area contributed by atoms with Crippen molar-refractivity contribution in [3.63, 3.8) is 0 Å². The summed E-state index contributed by atoms with van der Waals surface area (Å²) in [5, 5.41) is 5.59. The van der Waals surface area contributed by atoms with Crippen LogP contribution in [0.4, 0.5) is 0 Å². The fourth-order valence-corrected chi connectivity index (χ4v) is 3.22. The van der Waals surface area contributed by atoms with E-state index in [1.807, 2.05) is 0 Å². The first-order valence-corrected chi connectivity index (χ1v) is 7.07. The minimum atomic E-state index is 0.449. The molecule has 0 aliphatic rings. The van der Waals surface area contributed by atoms with Crippen molar-refractivity contribution in [2.75, 3.05) is 6.54 Å². The lowest BCUT2D eigenvalue weighted by Gasteiger charge is -2.23. The molecule has 2 aromatic rings. The summed E-state index contributed by atoms with van der Waals surface area (Å²) in [5.41, 5.74) is 2.27. The molecule has 0 saturated heterocycles. The molecule has 1 N–H and O–H groups in total. The predicted octanol–water partition coefficient (Wildman–Crippen LogP) is 3.18. The molecule has 0 aromatic carbocycles. The summed E-state index contributed by atoms with van der Waals surface area (Å²) in [6.07, 6.45) is 2.78. The van der Waals surface area contributed by atoms with Gasteiger partial charge in [-0.05, 0) is 31.3 Å². The van der Waals surface area contributed by atoms with E-state index in [-0.39, 0.29) is 0 Å². The van der Waals surface area contributed by atoms with Crippen molar-refractivity contribution >= 4 is 21.6 Å². The number of rotatable bonds is 5. The molecule has 92 valence electrons. The Morgan fingerprint density at radius 3 is 2.88 bits per heavy atom. The second-order valence-electron chi connectivity index (χ2n) is 4.25. The first-order valence-electron chi connectivity index (χ1n) is 6.19. The smallest absolute Gasteiger partial charge is 0.116 e. The van der Waals surface area contributed by atoms with Gasteiger partial charge in [-0.1, -0.05) is 13.8 Å². The summed E-state index contributed by atoms with van der Waals surface area (Å²) in [4.78, 5) is 8.82. The Morgan fingerprint density at radius 1 is 1.35 bits per heavy atom. The van der Waals surface area contributed by atoms with Gasteiger partial charge in [0, 0.05) is 12.0 Å². The lowest BCUT2D eigenvalue weighted by molar-refractivity contribution is 0.455. The van der Waals surface area contributed by atoms with E-state index in [4.69, 9.17) is 0 Å². The Bertz CT molecular complexity index is 480. The summed E-state index contributed by atoms with van der Waals surface area (Å²) in [6.45, 7) is 7.60. The zero-order valence-electron chi connectivity index (χ0n) is 10.6. The monoisotopic (exact) mass is 249 g/mol. The van der Waals surface area contributed by atoms with Gasteiger partial charge >= 0.3 is 0 Å². The van der Waals surface area contributed by atoms with Crippen LogP contribution < -0.4 is 5.32 Å². The quantitative estimate of drug-likeness (QED) is 0.884. The van der Waals surface area contributed by atoms with Crippen LogP contribution in [0.25, 0.3) is 10.2 Å². The molecule has 0 radical (unpaired) electrons. The van der Waals surface area contributed by atoms with Crippen LogP contribution in [0.3, 0.4) is 0 Å². The molecule has 3 nitrogen and oxygen atoms in total. The molecule has 0 saturated carbocycles. The Balaban J connectivity index is 2.39. The Labute approximate surface area is 106 Å². The molecule has 4 heteroatoms. The molecule has 0 aliphatic heterocycles. The molecule has 2 rings (SSSR count). The van der Waals surface area contributed by atoms with Gasteiger partial charge in [-0.2, -0.15) is 0 Å². The maximum absolute atomic E-state index is 4.51. The first-order chi connectivity index (χ1) is 8.27. The number of hydrogen-bond donors (Lipinski definition) is 1. The summed E-state index contributed by atoms with van der Waals surface area (Å²) >= 11 is 1.74. The third-order valence-electron chi connectivity index (χ3n) is 3.19. The Hall–Kier alpha value is -1.000. The van der Waals surface area contributed by atoms with Crippen molar-refractivity contribution in [2.24, 2.45) is 0 Å². The number of hydrogen-bond acceptors (Lipinski definition) is 4.